The van der Waals surface area contributed by atoms with Crippen LogP contribution in [-0.4, -0.2) is 17.8 Å². The van der Waals surface area contributed by atoms with Crippen LogP contribution < -0.4 is 10.8 Å². The van der Waals surface area contributed by atoms with Crippen molar-refractivity contribution in [3.63, 3.8) is 0 Å². The van der Waals surface area contributed by atoms with Gasteiger partial charge in [-0.2, -0.15) is 17.0 Å². The van der Waals surface area contributed by atoms with Gasteiger partial charge in [0.2, 0.25) is 0 Å². The Labute approximate surface area is 98.1 Å². The van der Waals surface area contributed by atoms with Gasteiger partial charge >= 0.3 is 0 Å². The highest BCUT2D eigenvalue weighted by Gasteiger charge is 2.06. The highest BCUT2D eigenvalue weighted by molar-refractivity contribution is 7.98. The number of carbonyl (C=O) groups is 1. The van der Waals surface area contributed by atoms with E-state index in [4.69, 9.17) is 5.26 Å². The summed E-state index contributed by atoms with van der Waals surface area (Å²) in [6, 6.07) is 8.58. The molecule has 0 aliphatic rings. The van der Waals surface area contributed by atoms with Crippen LogP contribution in [0.5, 0.6) is 0 Å². The lowest BCUT2D eigenvalue weighted by molar-refractivity contribution is -0.431. The van der Waals surface area contributed by atoms with Gasteiger partial charge in [-0.25, -0.2) is 0 Å². The van der Waals surface area contributed by atoms with E-state index in [0.717, 1.165) is 5.56 Å². The van der Waals surface area contributed by atoms with Crippen LogP contribution in [0.3, 0.4) is 0 Å². The summed E-state index contributed by atoms with van der Waals surface area (Å²) in [6.07, 6.45) is 0. The van der Waals surface area contributed by atoms with E-state index in [0.29, 0.717) is 17.1 Å². The van der Waals surface area contributed by atoms with Crippen molar-refractivity contribution < 1.29 is 15.6 Å². The Morgan fingerprint density at radius 1 is 1.50 bits per heavy atom. The van der Waals surface area contributed by atoms with E-state index in [1.54, 1.807) is 12.1 Å². The van der Waals surface area contributed by atoms with Crippen molar-refractivity contribution in [3.8, 4) is 6.07 Å². The number of nitrogens with zero attached hydrogens (tertiary/aromatic N) is 1. The fourth-order valence-electron chi connectivity index (χ4n) is 1.06. The molecule has 3 N–H and O–H groups in total. The summed E-state index contributed by atoms with van der Waals surface area (Å²) in [4.78, 5) is 10.4. The minimum Gasteiger partial charge on any atom is -0.544 e. The Morgan fingerprint density at radius 3 is 2.62 bits per heavy atom. The Bertz CT molecular complexity index is 397. The van der Waals surface area contributed by atoms with E-state index in [2.05, 4.69) is 5.73 Å². The van der Waals surface area contributed by atoms with Crippen LogP contribution in [0.4, 0.5) is 0 Å². The molecule has 0 aliphatic heterocycles. The number of aliphatic carboxylic acids is 1. The minimum absolute atomic E-state index is 0.433. The molecule has 0 heterocycles. The average Bonchev–Trinajstić information content (AvgIpc) is 2.29. The number of nitriles is 1. The summed E-state index contributed by atoms with van der Waals surface area (Å²) in [5, 5.41) is 19.0. The quantitative estimate of drug-likeness (QED) is 0.721. The molecule has 0 radical (unpaired) electrons. The number of carbonyl (C=O) groups excluding carboxylic acids is 1. The second kappa shape index (κ2) is 6.16. The molecule has 0 amide bonds. The van der Waals surface area contributed by atoms with E-state index in [9.17, 15) is 9.90 Å². The number of rotatable bonds is 5. The molecule has 1 aromatic rings. The first kappa shape index (κ1) is 12.6. The Balaban J connectivity index is 2.38. The molecule has 0 bridgehead atoms. The summed E-state index contributed by atoms with van der Waals surface area (Å²) in [5.74, 6) is 0.0280. The first-order chi connectivity index (χ1) is 7.63. The molecule has 1 atom stereocenters. The molecular weight excluding hydrogens is 224 g/mol. The lowest BCUT2D eigenvalue weighted by atomic mass is 10.2. The van der Waals surface area contributed by atoms with Gasteiger partial charge in [0, 0.05) is 5.75 Å². The summed E-state index contributed by atoms with van der Waals surface area (Å²) < 4.78 is 0. The zero-order valence-electron chi connectivity index (χ0n) is 8.68. The lowest BCUT2D eigenvalue weighted by Gasteiger charge is -2.08. The molecule has 0 fully saturated rings. The first-order valence-corrected chi connectivity index (χ1v) is 5.89. The van der Waals surface area contributed by atoms with Gasteiger partial charge in [0.1, 0.15) is 6.04 Å². The molecule has 0 spiro atoms. The van der Waals surface area contributed by atoms with Crippen LogP contribution in [0.1, 0.15) is 11.1 Å². The van der Waals surface area contributed by atoms with Crippen molar-refractivity contribution in [2.24, 2.45) is 0 Å². The highest BCUT2D eigenvalue weighted by Crippen LogP contribution is 2.13. The number of hydrogen-bond donors (Lipinski definition) is 1. The second-order valence-electron chi connectivity index (χ2n) is 3.34. The lowest BCUT2D eigenvalue weighted by Crippen LogP contribution is -2.69. The van der Waals surface area contributed by atoms with Crippen LogP contribution in [-0.2, 0) is 10.5 Å². The van der Waals surface area contributed by atoms with Crippen molar-refractivity contribution in [3.05, 3.63) is 35.4 Å². The Hall–Kier alpha value is -1.51. The van der Waals surface area contributed by atoms with Crippen LogP contribution in [0.15, 0.2) is 24.3 Å². The highest BCUT2D eigenvalue weighted by atomic mass is 32.2. The minimum atomic E-state index is -1.12. The molecule has 0 saturated carbocycles. The number of carboxylic acids is 1. The maximum Gasteiger partial charge on any atom is 0.134 e. The standard InChI is InChI=1S/C11H12N2O2S/c12-5-8-1-3-9(4-2-8)6-16-7-10(13)11(14)15/h1-4,10H,6-7,13H2,(H,14,15)/t10-/m0/s1. The van der Waals surface area contributed by atoms with Gasteiger partial charge in [0.15, 0.2) is 0 Å². The van der Waals surface area contributed by atoms with Crippen LogP contribution >= 0.6 is 11.8 Å². The Kier molecular flexibility index (Phi) is 4.83. The normalized spacial score (nSPS) is 11.8. The smallest absolute Gasteiger partial charge is 0.134 e. The molecule has 1 aromatic carbocycles. The monoisotopic (exact) mass is 236 g/mol. The van der Waals surface area contributed by atoms with Gasteiger partial charge in [-0.15, -0.1) is 0 Å². The molecule has 84 valence electrons. The number of benzene rings is 1. The van der Waals surface area contributed by atoms with E-state index in [-0.39, 0.29) is 0 Å². The van der Waals surface area contributed by atoms with E-state index in [1.807, 2.05) is 18.2 Å². The zero-order valence-corrected chi connectivity index (χ0v) is 9.50. The van der Waals surface area contributed by atoms with Gasteiger partial charge in [-0.05, 0) is 17.7 Å². The third-order valence-corrected chi connectivity index (χ3v) is 3.18. The van der Waals surface area contributed by atoms with Crippen molar-refractivity contribution >= 4 is 17.7 Å². The fraction of sp³-hybridized carbons (Fsp3) is 0.273. The molecule has 16 heavy (non-hydrogen) atoms. The van der Waals surface area contributed by atoms with Gasteiger partial charge in [-0.3, -0.25) is 0 Å². The number of hydrogen-bond acceptors (Lipinski definition) is 4. The molecule has 4 nitrogen and oxygen atoms in total. The predicted octanol–water partition coefficient (Wildman–Crippen LogP) is -0.848. The van der Waals surface area contributed by atoms with Crippen LogP contribution in [0.25, 0.3) is 0 Å². The van der Waals surface area contributed by atoms with E-state index < -0.39 is 12.0 Å². The van der Waals surface area contributed by atoms with Crippen LogP contribution in [0.2, 0.25) is 0 Å². The summed E-state index contributed by atoms with van der Waals surface area (Å²) in [5.41, 5.74) is 5.16. The third-order valence-electron chi connectivity index (χ3n) is 2.00. The van der Waals surface area contributed by atoms with E-state index >= 15 is 0 Å². The number of quaternary nitrogens is 1. The maximum absolute atomic E-state index is 10.4. The summed E-state index contributed by atoms with van der Waals surface area (Å²) in [6.45, 7) is 0. The molecular formula is C11H12N2O2S. The van der Waals surface area contributed by atoms with Gasteiger partial charge in [-0.1, -0.05) is 12.1 Å². The van der Waals surface area contributed by atoms with Crippen LogP contribution in [0, 0.1) is 11.3 Å². The Morgan fingerprint density at radius 2 is 2.12 bits per heavy atom. The topological polar surface area (TPSA) is 91.6 Å². The first-order valence-electron chi connectivity index (χ1n) is 4.74. The largest absolute Gasteiger partial charge is 0.544 e. The molecule has 5 heteroatoms. The number of thioether (sulfide) groups is 1. The number of carboxylic acid groups (broad SMARTS) is 1. The third kappa shape index (κ3) is 3.93. The van der Waals surface area contributed by atoms with Gasteiger partial charge in [0.25, 0.3) is 0 Å². The molecule has 0 aromatic heterocycles. The summed E-state index contributed by atoms with van der Waals surface area (Å²) >= 11 is 1.49. The maximum atomic E-state index is 10.4. The average molecular weight is 236 g/mol. The zero-order chi connectivity index (χ0) is 12.0. The fourth-order valence-corrected chi connectivity index (χ4v) is 2.03. The van der Waals surface area contributed by atoms with Crippen molar-refractivity contribution in [1.29, 1.82) is 5.26 Å². The van der Waals surface area contributed by atoms with Crippen molar-refractivity contribution in [1.82, 2.24) is 0 Å². The SMILES string of the molecule is N#Cc1ccc(CSC[C@H]([NH3+])C(=O)[O-])cc1. The molecule has 0 aliphatic carbocycles. The predicted molar refractivity (Wildman–Crippen MR) is 59.0 cm³/mol. The molecule has 1 rings (SSSR count). The molecule has 0 saturated heterocycles. The van der Waals surface area contributed by atoms with Crippen molar-refractivity contribution in [2.75, 3.05) is 5.75 Å². The second-order valence-corrected chi connectivity index (χ2v) is 4.37. The van der Waals surface area contributed by atoms with Gasteiger partial charge in [0.05, 0.1) is 23.4 Å². The summed E-state index contributed by atoms with van der Waals surface area (Å²) in [7, 11) is 0. The van der Waals surface area contributed by atoms with Crippen molar-refractivity contribution in [2.45, 2.75) is 11.8 Å². The molecule has 0 unspecified atom stereocenters. The van der Waals surface area contributed by atoms with E-state index in [1.165, 1.54) is 11.8 Å². The van der Waals surface area contributed by atoms with Gasteiger partial charge < -0.3 is 15.6 Å².